The molecule has 0 aliphatic rings. The molecule has 6 nitrogen and oxygen atoms in total. The molecule has 0 amide bonds. The van der Waals surface area contributed by atoms with Gasteiger partial charge in [0.15, 0.2) is 5.76 Å². The fourth-order valence-electron chi connectivity index (χ4n) is 2.06. The molecule has 3 aromatic rings. The van der Waals surface area contributed by atoms with Gasteiger partial charge >= 0.3 is 0 Å². The lowest BCUT2D eigenvalue weighted by Gasteiger charge is -2.09. The molecule has 0 bridgehead atoms. The zero-order chi connectivity index (χ0) is 15.6. The van der Waals surface area contributed by atoms with Crippen molar-refractivity contribution in [3.63, 3.8) is 0 Å². The molecule has 0 spiro atoms. The minimum Gasteiger partial charge on any atom is -0.439 e. The second-order valence-electron chi connectivity index (χ2n) is 4.61. The average Bonchev–Trinajstić information content (AvgIpc) is 3.18. The maximum Gasteiger partial charge on any atom is 0.295 e. The highest BCUT2D eigenvalue weighted by atomic mass is 32.2. The van der Waals surface area contributed by atoms with E-state index in [9.17, 15) is 8.42 Å². The first-order valence-electron chi connectivity index (χ1n) is 6.72. The molecule has 7 heteroatoms. The first-order chi connectivity index (χ1) is 10.6. The molecule has 1 aromatic carbocycles. The highest BCUT2D eigenvalue weighted by Gasteiger charge is 2.21. The van der Waals surface area contributed by atoms with Gasteiger partial charge in [0.1, 0.15) is 0 Å². The number of benzene rings is 1. The van der Waals surface area contributed by atoms with Crippen LogP contribution in [0, 0.1) is 0 Å². The zero-order valence-electron chi connectivity index (χ0n) is 11.8. The van der Waals surface area contributed by atoms with Crippen LogP contribution in [-0.2, 0) is 16.4 Å². The number of sulfonamides is 1. The molecule has 0 atom stereocenters. The maximum atomic E-state index is 12.4. The van der Waals surface area contributed by atoms with Gasteiger partial charge in [-0.1, -0.05) is 30.3 Å². The largest absolute Gasteiger partial charge is 0.439 e. The van der Waals surface area contributed by atoms with E-state index >= 15 is 0 Å². The number of furan rings is 1. The van der Waals surface area contributed by atoms with Crippen molar-refractivity contribution in [2.24, 2.45) is 0 Å². The lowest BCUT2D eigenvalue weighted by atomic mass is 10.1. The van der Waals surface area contributed by atoms with Gasteiger partial charge in [0.25, 0.3) is 10.0 Å². The number of hydrogen-bond acceptors (Lipinski definition) is 5. The number of para-hydroxylation sites is 1. The molecule has 2 heterocycles. The lowest BCUT2D eigenvalue weighted by molar-refractivity contribution is 0.401. The van der Waals surface area contributed by atoms with Gasteiger partial charge in [0, 0.05) is 6.07 Å². The number of rotatable bonds is 5. The molecule has 22 heavy (non-hydrogen) atoms. The fraction of sp³-hybridized carbons (Fsp3) is 0.133. The molecule has 3 rings (SSSR count). The predicted octanol–water partition coefficient (Wildman–Crippen LogP) is 3.30. The van der Waals surface area contributed by atoms with Crippen LogP contribution in [0.4, 0.5) is 5.69 Å². The van der Waals surface area contributed by atoms with Crippen molar-refractivity contribution in [1.29, 1.82) is 0 Å². The van der Waals surface area contributed by atoms with E-state index in [1.807, 2.05) is 19.1 Å². The predicted molar refractivity (Wildman–Crippen MR) is 80.8 cm³/mol. The maximum absolute atomic E-state index is 12.4. The Balaban J connectivity index is 1.90. The van der Waals surface area contributed by atoms with Crippen LogP contribution in [0.1, 0.15) is 12.5 Å². The summed E-state index contributed by atoms with van der Waals surface area (Å²) in [6.45, 7) is 1.96. The number of anilines is 1. The Morgan fingerprint density at radius 2 is 1.91 bits per heavy atom. The zero-order valence-corrected chi connectivity index (χ0v) is 12.6. The molecule has 1 N–H and O–H groups in total. The first kappa shape index (κ1) is 14.4. The topological polar surface area (TPSA) is 85.3 Å². The standard InChI is InChI=1S/C15H14N2O4S/c1-2-11-5-3-4-6-12(11)17-22(18,19)15-8-7-13(20-15)14-9-10-16-21-14/h3-10,17H,2H2,1H3. The summed E-state index contributed by atoms with van der Waals surface area (Å²) in [6.07, 6.45) is 2.18. The minimum absolute atomic E-state index is 0.176. The smallest absolute Gasteiger partial charge is 0.295 e. The van der Waals surface area contributed by atoms with E-state index in [1.54, 1.807) is 18.2 Å². The Hall–Kier alpha value is -2.54. The third-order valence-corrected chi connectivity index (χ3v) is 4.41. The van der Waals surface area contributed by atoms with Crippen molar-refractivity contribution in [1.82, 2.24) is 5.16 Å². The van der Waals surface area contributed by atoms with Crippen LogP contribution < -0.4 is 4.72 Å². The van der Waals surface area contributed by atoms with Crippen molar-refractivity contribution < 1.29 is 17.4 Å². The molecule has 114 valence electrons. The van der Waals surface area contributed by atoms with Crippen LogP contribution in [0.25, 0.3) is 11.5 Å². The van der Waals surface area contributed by atoms with E-state index in [1.165, 1.54) is 18.3 Å². The summed E-state index contributed by atoms with van der Waals surface area (Å²) in [6, 6.07) is 11.7. The van der Waals surface area contributed by atoms with Crippen molar-refractivity contribution in [3.8, 4) is 11.5 Å². The number of hydrogen-bond donors (Lipinski definition) is 1. The Morgan fingerprint density at radius 3 is 2.64 bits per heavy atom. The Labute approximate surface area is 127 Å². The Bertz CT molecular complexity index is 867. The molecular formula is C15H14N2O4S. The molecule has 0 radical (unpaired) electrons. The second-order valence-corrected chi connectivity index (χ2v) is 6.22. The van der Waals surface area contributed by atoms with Crippen molar-refractivity contribution in [2.45, 2.75) is 18.4 Å². The van der Waals surface area contributed by atoms with Crippen LogP contribution in [0.3, 0.4) is 0 Å². The molecule has 0 saturated heterocycles. The van der Waals surface area contributed by atoms with Crippen LogP contribution in [-0.4, -0.2) is 13.6 Å². The quantitative estimate of drug-likeness (QED) is 0.780. The lowest BCUT2D eigenvalue weighted by Crippen LogP contribution is -2.13. The number of nitrogens with zero attached hydrogens (tertiary/aromatic N) is 1. The van der Waals surface area contributed by atoms with E-state index in [-0.39, 0.29) is 5.09 Å². The van der Waals surface area contributed by atoms with E-state index < -0.39 is 10.0 Å². The van der Waals surface area contributed by atoms with Crippen molar-refractivity contribution in [2.75, 3.05) is 4.72 Å². The summed E-state index contributed by atoms with van der Waals surface area (Å²) in [7, 11) is -3.79. The van der Waals surface area contributed by atoms with Gasteiger partial charge in [-0.2, -0.15) is 8.42 Å². The minimum atomic E-state index is -3.79. The number of aryl methyl sites for hydroxylation is 1. The Morgan fingerprint density at radius 1 is 1.09 bits per heavy atom. The van der Waals surface area contributed by atoms with Gasteiger partial charge in [-0.15, -0.1) is 0 Å². The molecule has 0 saturated carbocycles. The second kappa shape index (κ2) is 5.69. The van der Waals surface area contributed by atoms with Gasteiger partial charge in [-0.05, 0) is 30.2 Å². The SMILES string of the molecule is CCc1ccccc1NS(=O)(=O)c1ccc(-c2ccno2)o1. The summed E-state index contributed by atoms with van der Waals surface area (Å²) in [4.78, 5) is 0. The molecule has 0 aliphatic heterocycles. The van der Waals surface area contributed by atoms with E-state index in [0.29, 0.717) is 17.2 Å². The first-order valence-corrected chi connectivity index (χ1v) is 8.20. The summed E-state index contributed by atoms with van der Waals surface area (Å²) in [5, 5.41) is 3.38. The highest BCUT2D eigenvalue weighted by molar-refractivity contribution is 7.92. The van der Waals surface area contributed by atoms with Crippen molar-refractivity contribution >= 4 is 15.7 Å². The van der Waals surface area contributed by atoms with Crippen molar-refractivity contribution in [3.05, 3.63) is 54.2 Å². The third kappa shape index (κ3) is 2.75. The summed E-state index contributed by atoms with van der Waals surface area (Å²) < 4.78 is 37.6. The monoisotopic (exact) mass is 318 g/mol. The Kier molecular flexibility index (Phi) is 3.72. The van der Waals surface area contributed by atoms with Crippen LogP contribution in [0.2, 0.25) is 0 Å². The molecule has 2 aromatic heterocycles. The summed E-state index contributed by atoms with van der Waals surface area (Å²) in [5.74, 6) is 0.678. The normalized spacial score (nSPS) is 11.5. The van der Waals surface area contributed by atoms with E-state index in [2.05, 4.69) is 9.88 Å². The van der Waals surface area contributed by atoms with Gasteiger partial charge in [0.2, 0.25) is 10.9 Å². The fourth-order valence-corrected chi connectivity index (χ4v) is 3.10. The van der Waals surface area contributed by atoms with Gasteiger partial charge < -0.3 is 8.94 Å². The number of aromatic nitrogens is 1. The molecule has 0 aliphatic carbocycles. The van der Waals surface area contributed by atoms with Crippen LogP contribution in [0.5, 0.6) is 0 Å². The average molecular weight is 318 g/mol. The third-order valence-electron chi connectivity index (χ3n) is 3.17. The van der Waals surface area contributed by atoms with Gasteiger partial charge in [0.05, 0.1) is 11.9 Å². The van der Waals surface area contributed by atoms with Gasteiger partial charge in [-0.3, -0.25) is 4.72 Å². The highest BCUT2D eigenvalue weighted by Crippen LogP contribution is 2.26. The number of nitrogens with one attached hydrogen (secondary N) is 1. The summed E-state index contributed by atoms with van der Waals surface area (Å²) in [5.41, 5.74) is 1.45. The van der Waals surface area contributed by atoms with E-state index in [0.717, 1.165) is 12.0 Å². The summed E-state index contributed by atoms with van der Waals surface area (Å²) >= 11 is 0. The molecule has 0 unspecified atom stereocenters. The van der Waals surface area contributed by atoms with Crippen LogP contribution >= 0.6 is 0 Å². The van der Waals surface area contributed by atoms with Gasteiger partial charge in [-0.25, -0.2) is 0 Å². The molecule has 0 fully saturated rings. The molecular weight excluding hydrogens is 304 g/mol. The van der Waals surface area contributed by atoms with E-state index in [4.69, 9.17) is 8.94 Å². The van der Waals surface area contributed by atoms with Crippen LogP contribution in [0.15, 0.2) is 62.7 Å².